The normalized spacial score (nSPS) is 23.2. The number of carboxylic acid groups (broad SMARTS) is 1. The molecule has 1 heterocycles. The van der Waals surface area contributed by atoms with Crippen molar-refractivity contribution in [2.45, 2.75) is 61.4 Å². The number of thioether (sulfide) groups is 1. The molecule has 1 saturated heterocycles. The first-order chi connectivity index (χ1) is 14.6. The van der Waals surface area contributed by atoms with Crippen LogP contribution < -0.4 is 5.32 Å². The van der Waals surface area contributed by atoms with Crippen molar-refractivity contribution in [2.24, 2.45) is 5.92 Å². The summed E-state index contributed by atoms with van der Waals surface area (Å²) in [5.74, 6) is -2.84. The van der Waals surface area contributed by atoms with Crippen LogP contribution in [0.2, 0.25) is 5.02 Å². The number of benzene rings is 1. The van der Waals surface area contributed by atoms with Crippen LogP contribution in [0, 0.1) is 5.92 Å². The number of imide groups is 1. The van der Waals surface area contributed by atoms with Crippen LogP contribution in [0.1, 0.15) is 37.7 Å². The molecule has 1 aliphatic heterocycles. The summed E-state index contributed by atoms with van der Waals surface area (Å²) in [4.78, 5) is 37.1. The fourth-order valence-corrected chi connectivity index (χ4v) is 5.59. The first-order valence-electron chi connectivity index (χ1n) is 9.89. The fourth-order valence-electron chi connectivity index (χ4n) is 4.02. The monoisotopic (exact) mass is 478 g/mol. The average molecular weight is 479 g/mol. The van der Waals surface area contributed by atoms with Gasteiger partial charge in [-0.3, -0.25) is 4.79 Å². The number of carbonyl (C=O) groups excluding carboxylic acids is 2. The number of hydrogen-bond donors (Lipinski definition) is 2. The molecular weight excluding hydrogens is 457 g/mol. The molecule has 11 heteroatoms. The molecule has 2 N–H and O–H groups in total. The lowest BCUT2D eigenvalue weighted by molar-refractivity contribution is -0.170. The van der Waals surface area contributed by atoms with Crippen molar-refractivity contribution in [1.29, 1.82) is 0 Å². The van der Waals surface area contributed by atoms with Gasteiger partial charge in [-0.05, 0) is 30.4 Å². The Morgan fingerprint density at radius 1 is 1.23 bits per heavy atom. The Balaban J connectivity index is 1.69. The summed E-state index contributed by atoms with van der Waals surface area (Å²) in [6.07, 6.45) is -1.95. The van der Waals surface area contributed by atoms with E-state index in [9.17, 15) is 32.7 Å². The molecule has 170 valence electrons. The number of hydrogen-bond acceptors (Lipinski definition) is 4. The number of carbonyl (C=O) groups is 3. The number of nitrogens with zero attached hydrogens (tertiary/aromatic N) is 1. The van der Waals surface area contributed by atoms with E-state index < -0.39 is 47.3 Å². The van der Waals surface area contributed by atoms with Gasteiger partial charge in [0.1, 0.15) is 11.3 Å². The molecular formula is C20H22ClF3N2O4S. The molecule has 6 nitrogen and oxygen atoms in total. The molecule has 0 bridgehead atoms. The molecule has 1 saturated carbocycles. The van der Waals surface area contributed by atoms with E-state index in [-0.39, 0.29) is 5.75 Å². The third-order valence-corrected chi connectivity index (χ3v) is 7.31. The highest BCUT2D eigenvalue weighted by atomic mass is 35.5. The summed E-state index contributed by atoms with van der Waals surface area (Å²) in [7, 11) is 0. The Morgan fingerprint density at radius 2 is 1.87 bits per heavy atom. The lowest BCUT2D eigenvalue weighted by Gasteiger charge is -2.43. The molecule has 3 amide bonds. The number of aliphatic carboxylic acids is 1. The number of halogens is 4. The van der Waals surface area contributed by atoms with E-state index in [1.165, 1.54) is 0 Å². The third kappa shape index (κ3) is 5.28. The minimum atomic E-state index is -4.69. The zero-order chi connectivity index (χ0) is 22.8. The Kier molecular flexibility index (Phi) is 7.41. The molecule has 1 aromatic carbocycles. The number of carboxylic acids is 1. The average Bonchev–Trinajstić information content (AvgIpc) is 2.71. The summed E-state index contributed by atoms with van der Waals surface area (Å²) >= 11 is 7.05. The van der Waals surface area contributed by atoms with Crippen molar-refractivity contribution in [2.75, 3.05) is 0 Å². The van der Waals surface area contributed by atoms with Crippen LogP contribution in [0.3, 0.4) is 0 Å². The highest BCUT2D eigenvalue weighted by Gasteiger charge is 2.56. The van der Waals surface area contributed by atoms with Crippen LogP contribution >= 0.6 is 23.4 Å². The molecule has 3 atom stereocenters. The molecule has 3 rings (SSSR count). The van der Waals surface area contributed by atoms with Crippen LogP contribution in [0.15, 0.2) is 24.3 Å². The number of β-lactam (4-membered cyclic amide) rings is 1. The number of rotatable bonds is 6. The van der Waals surface area contributed by atoms with Gasteiger partial charge in [-0.1, -0.05) is 49.1 Å². The van der Waals surface area contributed by atoms with E-state index in [4.69, 9.17) is 11.6 Å². The number of amides is 3. The molecule has 0 radical (unpaired) electrons. The Morgan fingerprint density at radius 3 is 2.45 bits per heavy atom. The van der Waals surface area contributed by atoms with Gasteiger partial charge in [0.2, 0.25) is 5.91 Å². The standard InChI is InChI=1S/C20H22ClF3N2O4S/c21-13-9-5-4-8-12(13)10-31-15-14(18(28)29)26(17(15)27)19(30)25-16(20(22,23)24)11-6-2-1-3-7-11/h4-5,8-9,11,14-16H,1-3,6-7,10H2,(H,25,30)(H,28,29)/t14-,15+,16-/m0/s1. The zero-order valence-electron chi connectivity index (χ0n) is 16.4. The number of likely N-dealkylation sites (tertiary alicyclic amines) is 1. The van der Waals surface area contributed by atoms with Gasteiger partial charge < -0.3 is 10.4 Å². The smallest absolute Gasteiger partial charge is 0.408 e. The maximum atomic E-state index is 13.6. The van der Waals surface area contributed by atoms with E-state index in [0.29, 0.717) is 41.2 Å². The van der Waals surface area contributed by atoms with Gasteiger partial charge in [0.15, 0.2) is 6.04 Å². The topological polar surface area (TPSA) is 86.7 Å². The van der Waals surface area contributed by atoms with Gasteiger partial charge in [-0.25, -0.2) is 14.5 Å². The first kappa shape index (κ1) is 23.7. The van der Waals surface area contributed by atoms with Crippen molar-refractivity contribution < 1.29 is 32.7 Å². The van der Waals surface area contributed by atoms with E-state index in [1.54, 1.807) is 24.3 Å². The lowest BCUT2D eigenvalue weighted by Crippen LogP contribution is -2.71. The van der Waals surface area contributed by atoms with E-state index in [2.05, 4.69) is 0 Å². The van der Waals surface area contributed by atoms with Gasteiger partial charge in [-0.15, -0.1) is 11.8 Å². The highest BCUT2D eigenvalue weighted by Crippen LogP contribution is 2.37. The van der Waals surface area contributed by atoms with Gasteiger partial charge >= 0.3 is 18.2 Å². The minimum Gasteiger partial charge on any atom is -0.480 e. The second-order valence-electron chi connectivity index (χ2n) is 7.68. The predicted molar refractivity (Wildman–Crippen MR) is 110 cm³/mol. The number of urea groups is 1. The van der Waals surface area contributed by atoms with Gasteiger partial charge in [0.05, 0.1) is 0 Å². The van der Waals surface area contributed by atoms with E-state index in [1.807, 2.05) is 5.32 Å². The van der Waals surface area contributed by atoms with Crippen LogP contribution in [0.5, 0.6) is 0 Å². The molecule has 0 spiro atoms. The summed E-state index contributed by atoms with van der Waals surface area (Å²) in [5, 5.41) is 10.8. The van der Waals surface area contributed by atoms with Gasteiger partial charge in [-0.2, -0.15) is 13.2 Å². The maximum Gasteiger partial charge on any atom is 0.408 e. The van der Waals surface area contributed by atoms with Crippen molar-refractivity contribution in [3.8, 4) is 0 Å². The molecule has 2 aliphatic rings. The largest absolute Gasteiger partial charge is 0.480 e. The Hall–Kier alpha value is -1.94. The van der Waals surface area contributed by atoms with Crippen LogP contribution in [-0.2, 0) is 15.3 Å². The van der Waals surface area contributed by atoms with Crippen molar-refractivity contribution in [3.63, 3.8) is 0 Å². The third-order valence-electron chi connectivity index (χ3n) is 5.65. The molecule has 1 aromatic rings. The molecule has 2 fully saturated rings. The highest BCUT2D eigenvalue weighted by molar-refractivity contribution is 8.00. The van der Waals surface area contributed by atoms with E-state index >= 15 is 0 Å². The molecule has 0 unspecified atom stereocenters. The summed E-state index contributed by atoms with van der Waals surface area (Å²) < 4.78 is 40.7. The first-order valence-corrected chi connectivity index (χ1v) is 11.3. The minimum absolute atomic E-state index is 0.225. The van der Waals surface area contributed by atoms with Crippen molar-refractivity contribution in [3.05, 3.63) is 34.9 Å². The Labute approximate surface area is 186 Å². The van der Waals surface area contributed by atoms with Crippen LogP contribution in [-0.4, -0.2) is 51.4 Å². The molecule has 0 aromatic heterocycles. The predicted octanol–water partition coefficient (Wildman–Crippen LogP) is 4.46. The number of alkyl halides is 3. The van der Waals surface area contributed by atoms with Gasteiger partial charge in [0, 0.05) is 10.8 Å². The fraction of sp³-hybridized carbons (Fsp3) is 0.550. The van der Waals surface area contributed by atoms with E-state index in [0.717, 1.165) is 18.2 Å². The van der Waals surface area contributed by atoms with Crippen LogP contribution in [0.4, 0.5) is 18.0 Å². The van der Waals surface area contributed by atoms with Gasteiger partial charge in [0.25, 0.3) is 0 Å². The number of nitrogens with one attached hydrogen (secondary N) is 1. The molecule has 31 heavy (non-hydrogen) atoms. The maximum absolute atomic E-state index is 13.6. The SMILES string of the molecule is O=C(O)[C@@H]1[C@@H](SCc2ccccc2Cl)C(=O)N1C(=O)N[C@@H](C1CCCCC1)C(F)(F)F. The summed E-state index contributed by atoms with van der Waals surface area (Å²) in [6, 6.07) is 1.85. The Bertz CT molecular complexity index is 848. The zero-order valence-corrected chi connectivity index (χ0v) is 18.0. The second-order valence-corrected chi connectivity index (χ2v) is 9.22. The van der Waals surface area contributed by atoms with Crippen molar-refractivity contribution >= 4 is 41.3 Å². The summed E-state index contributed by atoms with van der Waals surface area (Å²) in [5.41, 5.74) is 0.684. The molecule has 1 aliphatic carbocycles. The quantitative estimate of drug-likeness (QED) is 0.589. The van der Waals surface area contributed by atoms with Crippen molar-refractivity contribution in [1.82, 2.24) is 10.2 Å². The second kappa shape index (κ2) is 9.68. The van der Waals surface area contributed by atoms with Crippen LogP contribution in [0.25, 0.3) is 0 Å². The summed E-state index contributed by atoms with van der Waals surface area (Å²) in [6.45, 7) is 0. The lowest BCUT2D eigenvalue weighted by atomic mass is 9.83.